The third-order valence-electron chi connectivity index (χ3n) is 9.73. The number of hydrogen-bond acceptors (Lipinski definition) is 4. The van der Waals surface area contributed by atoms with Crippen LogP contribution in [0.5, 0.6) is 0 Å². The van der Waals surface area contributed by atoms with Gasteiger partial charge in [-0.2, -0.15) is 5.10 Å². The predicted octanol–water partition coefficient (Wildman–Crippen LogP) is 6.49. The molecule has 180 valence electrons. The maximum absolute atomic E-state index is 16.5. The van der Waals surface area contributed by atoms with E-state index in [0.29, 0.717) is 24.1 Å². The highest BCUT2D eigenvalue weighted by Gasteiger charge is 2.61. The summed E-state index contributed by atoms with van der Waals surface area (Å²) in [6.07, 6.45) is 15.3. The van der Waals surface area contributed by atoms with Crippen molar-refractivity contribution in [3.8, 4) is 11.5 Å². The van der Waals surface area contributed by atoms with Gasteiger partial charge in [0.1, 0.15) is 11.9 Å². The molecule has 0 N–H and O–H groups in total. The first-order chi connectivity index (χ1) is 15.9. The number of rotatable bonds is 7. The van der Waals surface area contributed by atoms with Gasteiger partial charge in [0.05, 0.1) is 24.5 Å². The minimum Gasteiger partial charge on any atom is -0.444 e. The Bertz CT molecular complexity index is 972. The molecule has 7 unspecified atom stereocenters. The van der Waals surface area contributed by atoms with Crippen LogP contribution >= 0.6 is 0 Å². The fourth-order valence-electron chi connectivity index (χ4n) is 8.26. The van der Waals surface area contributed by atoms with E-state index < -0.39 is 5.67 Å². The number of carbonyl (C=O) groups is 1. The zero-order valence-electron chi connectivity index (χ0n) is 20.3. The molecule has 0 amide bonds. The van der Waals surface area contributed by atoms with Crippen LogP contribution in [0.4, 0.5) is 4.39 Å². The van der Waals surface area contributed by atoms with Crippen LogP contribution in [0, 0.1) is 35.0 Å². The van der Waals surface area contributed by atoms with Crippen LogP contribution in [0.3, 0.4) is 0 Å². The van der Waals surface area contributed by atoms with Crippen LogP contribution in [0.1, 0.15) is 78.6 Å². The smallest absolute Gasteiger partial charge is 0.229 e. The fraction of sp³-hybridized carbons (Fsp3) is 0.741. The molecule has 6 heteroatoms. The summed E-state index contributed by atoms with van der Waals surface area (Å²) in [6.45, 7) is 6.89. The highest BCUT2D eigenvalue weighted by atomic mass is 19.1. The third kappa shape index (κ3) is 3.68. The molecule has 0 aromatic carbocycles. The second-order valence-electron chi connectivity index (χ2n) is 11.1. The molecule has 5 nitrogen and oxygen atoms in total. The predicted molar refractivity (Wildman–Crippen MR) is 125 cm³/mol. The molecule has 3 fully saturated rings. The van der Waals surface area contributed by atoms with Gasteiger partial charge in [0, 0.05) is 12.1 Å². The van der Waals surface area contributed by atoms with E-state index in [1.165, 1.54) is 6.26 Å². The molecule has 3 aliphatic carbocycles. The van der Waals surface area contributed by atoms with E-state index in [1.54, 1.807) is 17.1 Å². The second-order valence-corrected chi connectivity index (χ2v) is 11.1. The Hall–Kier alpha value is -1.98. The van der Waals surface area contributed by atoms with Crippen molar-refractivity contribution >= 4 is 5.78 Å². The Morgan fingerprint density at radius 1 is 1.21 bits per heavy atom. The second kappa shape index (κ2) is 8.66. The molecular weight excluding hydrogens is 417 g/mol. The normalized spacial score (nSPS) is 38.1. The van der Waals surface area contributed by atoms with Crippen molar-refractivity contribution in [1.82, 2.24) is 14.8 Å². The lowest BCUT2D eigenvalue weighted by Crippen LogP contribution is -2.55. The molecule has 7 atom stereocenters. The van der Waals surface area contributed by atoms with E-state index in [0.717, 1.165) is 56.9 Å². The summed E-state index contributed by atoms with van der Waals surface area (Å²) < 4.78 is 23.6. The first kappa shape index (κ1) is 22.8. The van der Waals surface area contributed by atoms with Crippen LogP contribution in [-0.2, 0) is 11.3 Å². The van der Waals surface area contributed by atoms with Gasteiger partial charge in [-0.25, -0.2) is 9.37 Å². The van der Waals surface area contributed by atoms with Crippen molar-refractivity contribution < 1.29 is 13.6 Å². The Labute approximate surface area is 196 Å². The number of alkyl halides is 1. The molecule has 2 aromatic rings. The number of halogens is 1. The highest BCUT2D eigenvalue weighted by Crippen LogP contribution is 2.65. The average Bonchev–Trinajstić information content (AvgIpc) is 3.53. The monoisotopic (exact) mass is 455 g/mol. The van der Waals surface area contributed by atoms with E-state index in [-0.39, 0.29) is 35.5 Å². The van der Waals surface area contributed by atoms with Crippen molar-refractivity contribution in [3.05, 3.63) is 24.9 Å². The number of nitrogens with zero attached hydrogens (tertiary/aromatic N) is 3. The van der Waals surface area contributed by atoms with Crippen LogP contribution in [-0.4, -0.2) is 26.2 Å². The van der Waals surface area contributed by atoms with Crippen LogP contribution in [0.15, 0.2) is 29.3 Å². The van der Waals surface area contributed by atoms with Crippen molar-refractivity contribution in [2.45, 2.75) is 90.8 Å². The molecule has 0 radical (unpaired) electrons. The van der Waals surface area contributed by atoms with E-state index in [1.807, 2.05) is 6.20 Å². The quantitative estimate of drug-likeness (QED) is 0.478. The largest absolute Gasteiger partial charge is 0.444 e. The van der Waals surface area contributed by atoms with Gasteiger partial charge < -0.3 is 4.42 Å². The summed E-state index contributed by atoms with van der Waals surface area (Å²) in [6, 6.07) is 0. The summed E-state index contributed by atoms with van der Waals surface area (Å²) in [4.78, 5) is 17.6. The molecule has 0 bridgehead atoms. The third-order valence-corrected chi connectivity index (χ3v) is 9.73. The van der Waals surface area contributed by atoms with Crippen LogP contribution in [0.25, 0.3) is 11.5 Å². The topological polar surface area (TPSA) is 60.9 Å². The maximum atomic E-state index is 16.5. The van der Waals surface area contributed by atoms with Gasteiger partial charge in [-0.05, 0) is 74.0 Å². The number of carbonyl (C=O) groups excluding carboxylic acids is 1. The molecule has 5 rings (SSSR count). The lowest BCUT2D eigenvalue weighted by atomic mass is 9.49. The number of aromatic nitrogens is 3. The standard InChI is InChI=1S/C27H38FN3O2/c1-4-11-27(28)19(5-2)6-7-20-21-8-9-23(26(21,3)12-10-22(20)27)24(32)17-31-16-18(15-30-31)25-29-13-14-33-25/h13-16,19-23H,4-12,17H2,1-3H3. The van der Waals surface area contributed by atoms with Gasteiger partial charge >= 0.3 is 0 Å². The van der Waals surface area contributed by atoms with Gasteiger partial charge in [0.15, 0.2) is 5.78 Å². The van der Waals surface area contributed by atoms with Crippen molar-refractivity contribution in [2.75, 3.05) is 0 Å². The van der Waals surface area contributed by atoms with Gasteiger partial charge in [0.2, 0.25) is 5.89 Å². The lowest BCUT2D eigenvalue weighted by Gasteiger charge is -2.57. The summed E-state index contributed by atoms with van der Waals surface area (Å²) in [5.41, 5.74) is -0.240. The minimum absolute atomic E-state index is 0.0109. The van der Waals surface area contributed by atoms with Gasteiger partial charge in [0.25, 0.3) is 0 Å². The van der Waals surface area contributed by atoms with Gasteiger partial charge in [-0.1, -0.05) is 33.6 Å². The Kier molecular flexibility index (Phi) is 5.98. The van der Waals surface area contributed by atoms with E-state index >= 15 is 4.39 Å². The average molecular weight is 456 g/mol. The zero-order chi connectivity index (χ0) is 23.2. The summed E-state index contributed by atoms with van der Waals surface area (Å²) in [5, 5.41) is 4.38. The fourth-order valence-corrected chi connectivity index (χ4v) is 8.26. The number of oxazole rings is 1. The van der Waals surface area contributed by atoms with Crippen LogP contribution in [0.2, 0.25) is 0 Å². The Morgan fingerprint density at radius 2 is 2.06 bits per heavy atom. The zero-order valence-corrected chi connectivity index (χ0v) is 20.3. The van der Waals surface area contributed by atoms with Crippen LogP contribution < -0.4 is 0 Å². The minimum atomic E-state index is -1.01. The molecule has 3 aliphatic rings. The van der Waals surface area contributed by atoms with E-state index in [4.69, 9.17) is 4.42 Å². The maximum Gasteiger partial charge on any atom is 0.229 e. The van der Waals surface area contributed by atoms with Crippen molar-refractivity contribution in [3.63, 3.8) is 0 Å². The number of fused-ring (bicyclic) bond motifs is 3. The summed E-state index contributed by atoms with van der Waals surface area (Å²) in [7, 11) is 0. The molecule has 2 aromatic heterocycles. The first-order valence-electron chi connectivity index (χ1n) is 13.0. The van der Waals surface area contributed by atoms with Gasteiger partial charge in [-0.3, -0.25) is 9.48 Å². The van der Waals surface area contributed by atoms with E-state index in [2.05, 4.69) is 30.9 Å². The van der Waals surface area contributed by atoms with Crippen molar-refractivity contribution in [2.24, 2.45) is 35.0 Å². The molecule has 0 spiro atoms. The highest BCUT2D eigenvalue weighted by molar-refractivity contribution is 5.82. The molecule has 3 saturated carbocycles. The number of hydrogen-bond donors (Lipinski definition) is 0. The Morgan fingerprint density at radius 3 is 2.79 bits per heavy atom. The molecule has 0 saturated heterocycles. The van der Waals surface area contributed by atoms with E-state index in [9.17, 15) is 4.79 Å². The number of Topliss-reactive ketones (excluding diaryl/α,β-unsaturated/α-hetero) is 1. The Balaban J connectivity index is 1.32. The van der Waals surface area contributed by atoms with Crippen molar-refractivity contribution in [1.29, 1.82) is 0 Å². The molecule has 33 heavy (non-hydrogen) atoms. The SMILES string of the molecule is CCCC1(F)C(CC)CCC2C3CCC(C(=O)Cn4cc(-c5ncco5)cn4)C3(C)CCC21. The summed E-state index contributed by atoms with van der Waals surface area (Å²) in [5.74, 6) is 2.11. The summed E-state index contributed by atoms with van der Waals surface area (Å²) >= 11 is 0. The first-order valence-corrected chi connectivity index (χ1v) is 13.0. The number of ketones is 1. The molecular formula is C27H38FN3O2. The molecule has 2 heterocycles. The van der Waals surface area contributed by atoms with Gasteiger partial charge in [-0.15, -0.1) is 0 Å². The lowest BCUT2D eigenvalue weighted by molar-refractivity contribution is -0.138. The molecule has 0 aliphatic heterocycles.